The molecular weight excluding hydrogens is 286 g/mol. The fraction of sp³-hybridized carbons (Fsp3) is 0.600. The fourth-order valence-corrected chi connectivity index (χ4v) is 3.99. The molecular formula is C15H21N3O2S. The van der Waals surface area contributed by atoms with Crippen LogP contribution in [0.25, 0.3) is 4.96 Å². The summed E-state index contributed by atoms with van der Waals surface area (Å²) in [7, 11) is 0. The van der Waals surface area contributed by atoms with Crippen molar-refractivity contribution in [1.82, 2.24) is 14.3 Å². The first kappa shape index (κ1) is 14.5. The Morgan fingerprint density at radius 1 is 1.48 bits per heavy atom. The van der Waals surface area contributed by atoms with Crippen molar-refractivity contribution in [3.63, 3.8) is 0 Å². The lowest BCUT2D eigenvalue weighted by atomic mass is 9.75. The van der Waals surface area contributed by atoms with Crippen LogP contribution in [0.2, 0.25) is 0 Å². The van der Waals surface area contributed by atoms with E-state index in [1.807, 2.05) is 16.0 Å². The van der Waals surface area contributed by atoms with Crippen LogP contribution in [0.5, 0.6) is 0 Å². The highest BCUT2D eigenvalue weighted by Crippen LogP contribution is 2.36. The fourth-order valence-electron chi connectivity index (χ4n) is 3.27. The van der Waals surface area contributed by atoms with E-state index in [0.29, 0.717) is 0 Å². The number of nitrogens with zero attached hydrogens (tertiary/aromatic N) is 3. The van der Waals surface area contributed by atoms with Crippen LogP contribution >= 0.6 is 11.3 Å². The summed E-state index contributed by atoms with van der Waals surface area (Å²) < 4.78 is 2.04. The quantitative estimate of drug-likeness (QED) is 0.923. The molecule has 0 radical (unpaired) electrons. The molecule has 1 aliphatic heterocycles. The van der Waals surface area contributed by atoms with Gasteiger partial charge in [-0.1, -0.05) is 13.3 Å². The molecule has 0 unspecified atom stereocenters. The van der Waals surface area contributed by atoms with Gasteiger partial charge in [-0.25, -0.2) is 4.98 Å². The summed E-state index contributed by atoms with van der Waals surface area (Å²) >= 11 is 1.64. The molecule has 2 aromatic rings. The molecule has 3 heterocycles. The molecule has 3 rings (SSSR count). The number of hydrogen-bond donors (Lipinski definition) is 1. The average Bonchev–Trinajstić information content (AvgIpc) is 3.02. The number of rotatable bonds is 5. The molecule has 0 aromatic carbocycles. The number of likely N-dealkylation sites (tertiary alicyclic amines) is 1. The van der Waals surface area contributed by atoms with Crippen molar-refractivity contribution in [1.29, 1.82) is 0 Å². The second-order valence-corrected chi connectivity index (χ2v) is 6.81. The van der Waals surface area contributed by atoms with Crippen LogP contribution in [0.3, 0.4) is 0 Å². The molecule has 0 atom stereocenters. The van der Waals surface area contributed by atoms with Crippen LogP contribution in [0.15, 0.2) is 17.8 Å². The van der Waals surface area contributed by atoms with Gasteiger partial charge in [-0.2, -0.15) is 0 Å². The summed E-state index contributed by atoms with van der Waals surface area (Å²) in [6.45, 7) is 4.57. The molecule has 0 amide bonds. The Balaban J connectivity index is 1.62. The smallest absolute Gasteiger partial charge is 0.309 e. The third-order valence-electron chi connectivity index (χ3n) is 4.52. The Labute approximate surface area is 128 Å². The van der Waals surface area contributed by atoms with Crippen molar-refractivity contribution in [3.05, 3.63) is 23.5 Å². The van der Waals surface area contributed by atoms with Gasteiger partial charge in [0, 0.05) is 24.3 Å². The molecule has 6 heteroatoms. The van der Waals surface area contributed by atoms with Gasteiger partial charge in [0.25, 0.3) is 0 Å². The molecule has 21 heavy (non-hydrogen) atoms. The molecule has 2 aromatic heterocycles. The summed E-state index contributed by atoms with van der Waals surface area (Å²) in [6, 6.07) is 0. The van der Waals surface area contributed by atoms with Crippen molar-refractivity contribution in [2.24, 2.45) is 5.41 Å². The summed E-state index contributed by atoms with van der Waals surface area (Å²) in [5.74, 6) is -0.619. The Hall–Kier alpha value is -1.40. The Kier molecular flexibility index (Phi) is 3.99. The maximum Gasteiger partial charge on any atom is 0.309 e. The Bertz CT molecular complexity index is 597. The molecule has 5 nitrogen and oxygen atoms in total. The minimum absolute atomic E-state index is 0.500. The predicted molar refractivity (Wildman–Crippen MR) is 82.6 cm³/mol. The van der Waals surface area contributed by atoms with Gasteiger partial charge in [0.05, 0.1) is 11.1 Å². The standard InChI is InChI=1S/C15H21N3O2S/c1-2-3-15(13(19)20)4-6-17(7-5-15)10-12-11-18-8-9-21-14(18)16-12/h8-9,11H,2-7,10H2,1H3,(H,19,20). The molecule has 0 aliphatic carbocycles. The second-order valence-electron chi connectivity index (χ2n) is 5.94. The average molecular weight is 307 g/mol. The van der Waals surface area contributed by atoms with E-state index in [2.05, 4.69) is 23.0 Å². The van der Waals surface area contributed by atoms with Crippen molar-refractivity contribution in [2.45, 2.75) is 39.2 Å². The highest BCUT2D eigenvalue weighted by Gasteiger charge is 2.40. The zero-order valence-electron chi connectivity index (χ0n) is 12.3. The van der Waals surface area contributed by atoms with Crippen LogP contribution in [0, 0.1) is 5.41 Å². The van der Waals surface area contributed by atoms with Crippen LogP contribution in [0.4, 0.5) is 0 Å². The number of hydrogen-bond acceptors (Lipinski definition) is 4. The summed E-state index contributed by atoms with van der Waals surface area (Å²) in [5.41, 5.74) is 0.569. The van der Waals surface area contributed by atoms with E-state index >= 15 is 0 Å². The van der Waals surface area contributed by atoms with Crippen molar-refractivity contribution in [2.75, 3.05) is 13.1 Å². The van der Waals surface area contributed by atoms with Gasteiger partial charge in [-0.15, -0.1) is 11.3 Å². The Morgan fingerprint density at radius 2 is 2.24 bits per heavy atom. The van der Waals surface area contributed by atoms with Crippen LogP contribution in [0.1, 0.15) is 38.3 Å². The number of thiazole rings is 1. The van der Waals surface area contributed by atoms with E-state index in [4.69, 9.17) is 0 Å². The molecule has 1 saturated heterocycles. The third kappa shape index (κ3) is 2.82. The summed E-state index contributed by atoms with van der Waals surface area (Å²) in [4.78, 5) is 19.5. The first-order valence-corrected chi connectivity index (χ1v) is 8.38. The lowest BCUT2D eigenvalue weighted by Gasteiger charge is -2.38. The van der Waals surface area contributed by atoms with Crippen molar-refractivity contribution in [3.8, 4) is 0 Å². The minimum Gasteiger partial charge on any atom is -0.481 e. The van der Waals surface area contributed by atoms with E-state index < -0.39 is 11.4 Å². The number of carbonyl (C=O) groups is 1. The molecule has 0 bridgehead atoms. The molecule has 1 fully saturated rings. The second kappa shape index (κ2) is 5.77. The maximum absolute atomic E-state index is 11.6. The number of carboxylic acid groups (broad SMARTS) is 1. The minimum atomic E-state index is -0.619. The zero-order chi connectivity index (χ0) is 14.9. The largest absolute Gasteiger partial charge is 0.481 e. The Morgan fingerprint density at radius 3 is 2.86 bits per heavy atom. The monoisotopic (exact) mass is 307 g/mol. The zero-order valence-corrected chi connectivity index (χ0v) is 13.1. The van der Waals surface area contributed by atoms with E-state index in [9.17, 15) is 9.90 Å². The van der Waals surface area contributed by atoms with Gasteiger partial charge >= 0.3 is 5.97 Å². The van der Waals surface area contributed by atoms with Crippen molar-refractivity contribution < 1.29 is 9.90 Å². The topological polar surface area (TPSA) is 57.8 Å². The van der Waals surface area contributed by atoms with E-state index in [1.54, 1.807) is 11.3 Å². The van der Waals surface area contributed by atoms with Gasteiger partial charge in [-0.3, -0.25) is 14.1 Å². The van der Waals surface area contributed by atoms with E-state index in [1.165, 1.54) is 0 Å². The number of carboxylic acids is 1. The van der Waals surface area contributed by atoms with Crippen LogP contribution < -0.4 is 0 Å². The molecule has 114 valence electrons. The van der Waals surface area contributed by atoms with E-state index in [0.717, 1.165) is 56.0 Å². The summed E-state index contributed by atoms with van der Waals surface area (Å²) in [5, 5.41) is 11.6. The molecule has 1 N–H and O–H groups in total. The number of fused-ring (bicyclic) bond motifs is 1. The first-order valence-electron chi connectivity index (χ1n) is 7.50. The van der Waals surface area contributed by atoms with Gasteiger partial charge < -0.3 is 5.11 Å². The number of imidazole rings is 1. The SMILES string of the molecule is CCCC1(C(=O)O)CCN(Cc2cn3ccsc3n2)CC1. The summed E-state index contributed by atoms with van der Waals surface area (Å²) in [6.07, 6.45) is 7.30. The maximum atomic E-state index is 11.6. The highest BCUT2D eigenvalue weighted by atomic mass is 32.1. The number of piperidine rings is 1. The lowest BCUT2D eigenvalue weighted by Crippen LogP contribution is -2.44. The predicted octanol–water partition coefficient (Wildman–Crippen LogP) is 2.86. The van der Waals surface area contributed by atoms with Gasteiger partial charge in [0.1, 0.15) is 0 Å². The highest BCUT2D eigenvalue weighted by molar-refractivity contribution is 7.15. The van der Waals surface area contributed by atoms with Crippen molar-refractivity contribution >= 4 is 22.3 Å². The molecule has 0 saturated carbocycles. The number of aromatic nitrogens is 2. The molecule has 1 aliphatic rings. The van der Waals surface area contributed by atoms with Gasteiger partial charge in [-0.05, 0) is 32.4 Å². The van der Waals surface area contributed by atoms with E-state index in [-0.39, 0.29) is 0 Å². The lowest BCUT2D eigenvalue weighted by molar-refractivity contribution is -0.152. The van der Waals surface area contributed by atoms with Crippen LogP contribution in [-0.2, 0) is 11.3 Å². The number of aliphatic carboxylic acids is 1. The third-order valence-corrected chi connectivity index (χ3v) is 5.29. The molecule has 0 spiro atoms. The van der Waals surface area contributed by atoms with Crippen LogP contribution in [-0.4, -0.2) is 38.4 Å². The van der Waals surface area contributed by atoms with Gasteiger partial charge in [0.2, 0.25) is 0 Å². The normalized spacial score (nSPS) is 19.1. The van der Waals surface area contributed by atoms with Gasteiger partial charge in [0.15, 0.2) is 4.96 Å². The first-order chi connectivity index (χ1) is 10.1.